The topological polar surface area (TPSA) is 76.7 Å². The molecule has 0 aliphatic heterocycles. The molecule has 0 aliphatic carbocycles. The maximum atomic E-state index is 12.7. The van der Waals surface area contributed by atoms with Gasteiger partial charge in [-0.2, -0.15) is 0 Å². The van der Waals surface area contributed by atoms with Gasteiger partial charge in [-0.3, -0.25) is 9.59 Å². The SMILES string of the molecule is COc1cc(CNC(=O)C(NC(=O)Cc2ccccc2)C(C)C)cc(OC)c1. The predicted molar refractivity (Wildman–Crippen MR) is 108 cm³/mol. The van der Waals surface area contributed by atoms with Gasteiger partial charge >= 0.3 is 0 Å². The van der Waals surface area contributed by atoms with Crippen LogP contribution in [-0.4, -0.2) is 32.1 Å². The maximum Gasteiger partial charge on any atom is 0.243 e. The quantitative estimate of drug-likeness (QED) is 0.697. The van der Waals surface area contributed by atoms with Crippen molar-refractivity contribution in [2.24, 2.45) is 5.92 Å². The smallest absolute Gasteiger partial charge is 0.243 e. The van der Waals surface area contributed by atoms with Crippen molar-refractivity contribution in [1.29, 1.82) is 0 Å². The van der Waals surface area contributed by atoms with Crippen LogP contribution in [0.5, 0.6) is 11.5 Å². The Labute approximate surface area is 166 Å². The van der Waals surface area contributed by atoms with E-state index in [4.69, 9.17) is 9.47 Å². The molecule has 2 N–H and O–H groups in total. The van der Waals surface area contributed by atoms with E-state index in [9.17, 15) is 9.59 Å². The van der Waals surface area contributed by atoms with Crippen molar-refractivity contribution in [3.63, 3.8) is 0 Å². The highest BCUT2D eigenvalue weighted by Gasteiger charge is 2.24. The molecule has 2 rings (SSSR count). The van der Waals surface area contributed by atoms with Gasteiger partial charge in [-0.05, 0) is 29.2 Å². The minimum Gasteiger partial charge on any atom is -0.497 e. The van der Waals surface area contributed by atoms with Crippen LogP contribution in [0.4, 0.5) is 0 Å². The monoisotopic (exact) mass is 384 g/mol. The van der Waals surface area contributed by atoms with Gasteiger partial charge in [-0.25, -0.2) is 0 Å². The van der Waals surface area contributed by atoms with Gasteiger partial charge in [-0.1, -0.05) is 44.2 Å². The zero-order chi connectivity index (χ0) is 20.5. The van der Waals surface area contributed by atoms with Crippen molar-refractivity contribution in [3.05, 3.63) is 59.7 Å². The highest BCUT2D eigenvalue weighted by Crippen LogP contribution is 2.22. The first-order valence-electron chi connectivity index (χ1n) is 9.26. The molecule has 28 heavy (non-hydrogen) atoms. The molecule has 0 saturated carbocycles. The lowest BCUT2D eigenvalue weighted by Gasteiger charge is -2.22. The van der Waals surface area contributed by atoms with E-state index in [-0.39, 0.29) is 24.2 Å². The molecule has 1 atom stereocenters. The van der Waals surface area contributed by atoms with Gasteiger partial charge in [0.1, 0.15) is 17.5 Å². The Balaban J connectivity index is 1.98. The normalized spacial score (nSPS) is 11.6. The number of methoxy groups -OCH3 is 2. The number of benzene rings is 2. The summed E-state index contributed by atoms with van der Waals surface area (Å²) in [5.74, 6) is 0.862. The van der Waals surface area contributed by atoms with Crippen molar-refractivity contribution in [1.82, 2.24) is 10.6 Å². The first-order valence-corrected chi connectivity index (χ1v) is 9.26. The summed E-state index contributed by atoms with van der Waals surface area (Å²) in [5.41, 5.74) is 1.76. The third-order valence-electron chi connectivity index (χ3n) is 4.35. The second-order valence-corrected chi connectivity index (χ2v) is 6.89. The van der Waals surface area contributed by atoms with Crippen LogP contribution >= 0.6 is 0 Å². The Hall–Kier alpha value is -3.02. The van der Waals surface area contributed by atoms with Crippen LogP contribution < -0.4 is 20.1 Å². The maximum absolute atomic E-state index is 12.7. The molecule has 150 valence electrons. The van der Waals surface area contributed by atoms with Crippen LogP contribution in [-0.2, 0) is 22.6 Å². The molecule has 0 spiro atoms. The second-order valence-electron chi connectivity index (χ2n) is 6.89. The number of hydrogen-bond donors (Lipinski definition) is 2. The average Bonchev–Trinajstić information content (AvgIpc) is 2.70. The van der Waals surface area contributed by atoms with Crippen LogP contribution in [0.1, 0.15) is 25.0 Å². The van der Waals surface area contributed by atoms with Gasteiger partial charge in [0.2, 0.25) is 11.8 Å². The van der Waals surface area contributed by atoms with Crippen LogP contribution in [0.2, 0.25) is 0 Å². The number of ether oxygens (including phenoxy) is 2. The van der Waals surface area contributed by atoms with E-state index in [2.05, 4.69) is 10.6 Å². The molecule has 0 fully saturated rings. The summed E-state index contributed by atoms with van der Waals surface area (Å²) in [5, 5.41) is 5.73. The lowest BCUT2D eigenvalue weighted by molar-refractivity contribution is -0.129. The van der Waals surface area contributed by atoms with Crippen LogP contribution in [0.15, 0.2) is 48.5 Å². The Morgan fingerprint density at radius 2 is 1.54 bits per heavy atom. The zero-order valence-corrected chi connectivity index (χ0v) is 16.8. The molecular weight excluding hydrogens is 356 g/mol. The zero-order valence-electron chi connectivity index (χ0n) is 16.8. The fourth-order valence-electron chi connectivity index (χ4n) is 2.81. The van der Waals surface area contributed by atoms with E-state index in [1.807, 2.05) is 56.3 Å². The van der Waals surface area contributed by atoms with Gasteiger partial charge in [0, 0.05) is 12.6 Å². The van der Waals surface area contributed by atoms with Gasteiger partial charge in [0.25, 0.3) is 0 Å². The van der Waals surface area contributed by atoms with E-state index < -0.39 is 6.04 Å². The minimum atomic E-state index is -0.608. The fraction of sp³-hybridized carbons (Fsp3) is 0.364. The summed E-state index contributed by atoms with van der Waals surface area (Å²) < 4.78 is 10.5. The van der Waals surface area contributed by atoms with Gasteiger partial charge in [-0.15, -0.1) is 0 Å². The highest BCUT2D eigenvalue weighted by molar-refractivity contribution is 5.88. The molecular formula is C22H28N2O4. The molecule has 0 heterocycles. The second kappa shape index (κ2) is 10.3. The largest absolute Gasteiger partial charge is 0.497 e. The Morgan fingerprint density at radius 3 is 2.07 bits per heavy atom. The first kappa shape index (κ1) is 21.3. The summed E-state index contributed by atoms with van der Waals surface area (Å²) in [4.78, 5) is 25.0. The molecule has 6 nitrogen and oxygen atoms in total. The van der Waals surface area contributed by atoms with Crippen molar-refractivity contribution < 1.29 is 19.1 Å². The van der Waals surface area contributed by atoms with Crippen molar-refractivity contribution in [2.75, 3.05) is 14.2 Å². The van der Waals surface area contributed by atoms with E-state index in [0.717, 1.165) is 11.1 Å². The van der Waals surface area contributed by atoms with E-state index >= 15 is 0 Å². The summed E-state index contributed by atoms with van der Waals surface area (Å²) in [6, 6.07) is 14.3. The third-order valence-corrected chi connectivity index (χ3v) is 4.35. The van der Waals surface area contributed by atoms with Gasteiger partial charge in [0.15, 0.2) is 0 Å². The number of nitrogens with one attached hydrogen (secondary N) is 2. The molecule has 0 saturated heterocycles. The Morgan fingerprint density at radius 1 is 0.929 bits per heavy atom. The Kier molecular flexibility index (Phi) is 7.87. The molecule has 2 amide bonds. The van der Waals surface area contributed by atoms with Gasteiger partial charge < -0.3 is 20.1 Å². The van der Waals surface area contributed by atoms with Crippen LogP contribution in [0, 0.1) is 5.92 Å². The summed E-state index contributed by atoms with van der Waals surface area (Å²) >= 11 is 0. The molecule has 0 bridgehead atoms. The van der Waals surface area contributed by atoms with E-state index in [1.165, 1.54) is 0 Å². The van der Waals surface area contributed by atoms with Crippen molar-refractivity contribution in [3.8, 4) is 11.5 Å². The summed E-state index contributed by atoms with van der Waals surface area (Å²) in [6.45, 7) is 4.12. The molecule has 0 radical (unpaired) electrons. The molecule has 0 aliphatic rings. The Bertz CT molecular complexity index is 768. The molecule has 2 aromatic rings. The molecule has 0 aromatic heterocycles. The number of amides is 2. The van der Waals surface area contributed by atoms with Crippen molar-refractivity contribution >= 4 is 11.8 Å². The van der Waals surface area contributed by atoms with E-state index in [0.29, 0.717) is 18.0 Å². The van der Waals surface area contributed by atoms with Gasteiger partial charge in [0.05, 0.1) is 20.6 Å². The van der Waals surface area contributed by atoms with Crippen LogP contribution in [0.25, 0.3) is 0 Å². The predicted octanol–water partition coefficient (Wildman–Crippen LogP) is 2.70. The third kappa shape index (κ3) is 6.30. The number of rotatable bonds is 9. The first-order chi connectivity index (χ1) is 13.4. The number of hydrogen-bond acceptors (Lipinski definition) is 4. The summed E-state index contributed by atoms with van der Waals surface area (Å²) in [6.07, 6.45) is 0.240. The fourth-order valence-corrected chi connectivity index (χ4v) is 2.81. The van der Waals surface area contributed by atoms with E-state index in [1.54, 1.807) is 20.3 Å². The highest BCUT2D eigenvalue weighted by atomic mass is 16.5. The van der Waals surface area contributed by atoms with Crippen LogP contribution in [0.3, 0.4) is 0 Å². The standard InChI is InChI=1S/C22H28N2O4/c1-15(2)21(24-20(25)12-16-8-6-5-7-9-16)22(26)23-14-17-10-18(27-3)13-19(11-17)28-4/h5-11,13,15,21H,12,14H2,1-4H3,(H,23,26)(H,24,25). The minimum absolute atomic E-state index is 0.0421. The molecule has 6 heteroatoms. The summed E-state index contributed by atoms with van der Waals surface area (Å²) in [7, 11) is 3.16. The molecule has 2 aromatic carbocycles. The lowest BCUT2D eigenvalue weighted by atomic mass is 10.0. The molecule has 1 unspecified atom stereocenters. The average molecular weight is 384 g/mol. The lowest BCUT2D eigenvalue weighted by Crippen LogP contribution is -2.49. The number of carbonyl (C=O) groups excluding carboxylic acids is 2. The number of carbonyl (C=O) groups is 2. The van der Waals surface area contributed by atoms with Crippen molar-refractivity contribution in [2.45, 2.75) is 32.9 Å².